The standard InChI is InChI=1S/C19H31NO/c1-13-7-6-8-17(11-13)21-12-18(20-5)19-15(3)9-14(2)10-16(19)4/h9-10,13,17-18,20H,6-8,11-12H2,1-5H3. The molecule has 21 heavy (non-hydrogen) atoms. The van der Waals surface area contributed by atoms with E-state index in [2.05, 4.69) is 45.1 Å². The van der Waals surface area contributed by atoms with Crippen LogP contribution < -0.4 is 5.32 Å². The molecule has 1 aliphatic rings. The Balaban J connectivity index is 2.03. The van der Waals surface area contributed by atoms with Gasteiger partial charge in [0.15, 0.2) is 0 Å². The molecule has 1 aromatic rings. The van der Waals surface area contributed by atoms with Crippen LogP contribution in [0.3, 0.4) is 0 Å². The van der Waals surface area contributed by atoms with Crippen LogP contribution in [0.15, 0.2) is 12.1 Å². The highest BCUT2D eigenvalue weighted by molar-refractivity contribution is 5.39. The van der Waals surface area contributed by atoms with Crippen molar-refractivity contribution in [2.24, 2.45) is 5.92 Å². The monoisotopic (exact) mass is 289 g/mol. The molecule has 118 valence electrons. The summed E-state index contributed by atoms with van der Waals surface area (Å²) in [6.45, 7) is 9.71. The van der Waals surface area contributed by atoms with E-state index < -0.39 is 0 Å². The first-order valence-corrected chi connectivity index (χ1v) is 8.38. The maximum Gasteiger partial charge on any atom is 0.0665 e. The molecule has 0 spiro atoms. The molecule has 1 aliphatic carbocycles. The third kappa shape index (κ3) is 4.31. The largest absolute Gasteiger partial charge is 0.376 e. The van der Waals surface area contributed by atoms with Gasteiger partial charge in [-0.1, -0.05) is 37.5 Å². The van der Waals surface area contributed by atoms with Crippen LogP contribution in [0.4, 0.5) is 0 Å². The predicted molar refractivity (Wildman–Crippen MR) is 89.8 cm³/mol. The Bertz CT molecular complexity index is 446. The first-order chi connectivity index (χ1) is 10.0. The normalized spacial score (nSPS) is 24.0. The van der Waals surface area contributed by atoms with E-state index in [0.29, 0.717) is 12.1 Å². The van der Waals surface area contributed by atoms with Crippen LogP contribution in [0.25, 0.3) is 0 Å². The fourth-order valence-corrected chi connectivity index (χ4v) is 3.81. The van der Waals surface area contributed by atoms with E-state index >= 15 is 0 Å². The summed E-state index contributed by atoms with van der Waals surface area (Å²) < 4.78 is 6.24. The van der Waals surface area contributed by atoms with E-state index in [1.807, 2.05) is 7.05 Å². The second kappa shape index (κ2) is 7.42. The first kappa shape index (κ1) is 16.5. The molecule has 3 unspecified atom stereocenters. The van der Waals surface area contributed by atoms with Gasteiger partial charge in [0.1, 0.15) is 0 Å². The van der Waals surface area contributed by atoms with Gasteiger partial charge in [-0.2, -0.15) is 0 Å². The Morgan fingerprint density at radius 3 is 2.43 bits per heavy atom. The van der Waals surface area contributed by atoms with Crippen LogP contribution in [0.2, 0.25) is 0 Å². The number of nitrogens with one attached hydrogen (secondary N) is 1. The van der Waals surface area contributed by atoms with Gasteiger partial charge in [0, 0.05) is 0 Å². The molecule has 0 bridgehead atoms. The number of hydrogen-bond acceptors (Lipinski definition) is 2. The minimum Gasteiger partial charge on any atom is -0.376 e. The molecule has 0 aromatic heterocycles. The smallest absolute Gasteiger partial charge is 0.0665 e. The molecule has 0 radical (unpaired) electrons. The second-order valence-corrected chi connectivity index (χ2v) is 6.88. The molecule has 1 fully saturated rings. The molecule has 0 amide bonds. The lowest BCUT2D eigenvalue weighted by Gasteiger charge is -2.29. The average molecular weight is 289 g/mol. The van der Waals surface area contributed by atoms with E-state index in [1.165, 1.54) is 47.9 Å². The highest BCUT2D eigenvalue weighted by Gasteiger charge is 2.22. The number of rotatable bonds is 5. The van der Waals surface area contributed by atoms with Crippen LogP contribution >= 0.6 is 0 Å². The highest BCUT2D eigenvalue weighted by Crippen LogP contribution is 2.28. The zero-order valence-corrected chi connectivity index (χ0v) is 14.3. The van der Waals surface area contributed by atoms with Gasteiger partial charge in [-0.15, -0.1) is 0 Å². The van der Waals surface area contributed by atoms with Crippen molar-refractivity contribution in [3.05, 3.63) is 34.4 Å². The Labute approximate surface area is 130 Å². The van der Waals surface area contributed by atoms with E-state index in [9.17, 15) is 0 Å². The third-order valence-corrected chi connectivity index (χ3v) is 4.82. The van der Waals surface area contributed by atoms with Gasteiger partial charge in [0.05, 0.1) is 18.8 Å². The number of ether oxygens (including phenoxy) is 1. The maximum absolute atomic E-state index is 6.24. The van der Waals surface area contributed by atoms with Crippen molar-refractivity contribution in [2.45, 2.75) is 65.5 Å². The van der Waals surface area contributed by atoms with Crippen molar-refractivity contribution in [3.63, 3.8) is 0 Å². The number of hydrogen-bond donors (Lipinski definition) is 1. The fraction of sp³-hybridized carbons (Fsp3) is 0.684. The van der Waals surface area contributed by atoms with Gasteiger partial charge >= 0.3 is 0 Å². The van der Waals surface area contributed by atoms with Crippen molar-refractivity contribution in [1.29, 1.82) is 0 Å². The van der Waals surface area contributed by atoms with E-state index in [-0.39, 0.29) is 0 Å². The fourth-order valence-electron chi connectivity index (χ4n) is 3.81. The molecular weight excluding hydrogens is 258 g/mol. The summed E-state index contributed by atoms with van der Waals surface area (Å²) in [7, 11) is 2.04. The van der Waals surface area contributed by atoms with Crippen molar-refractivity contribution < 1.29 is 4.74 Å². The Hall–Kier alpha value is -0.860. The van der Waals surface area contributed by atoms with Crippen LogP contribution in [0.5, 0.6) is 0 Å². The van der Waals surface area contributed by atoms with Gasteiger partial charge in [-0.3, -0.25) is 0 Å². The third-order valence-electron chi connectivity index (χ3n) is 4.82. The van der Waals surface area contributed by atoms with Crippen LogP contribution in [0, 0.1) is 26.7 Å². The molecular formula is C19H31NO. The quantitative estimate of drug-likeness (QED) is 0.863. The molecule has 2 heteroatoms. The van der Waals surface area contributed by atoms with Crippen molar-refractivity contribution >= 4 is 0 Å². The molecule has 0 saturated heterocycles. The summed E-state index contributed by atoms with van der Waals surface area (Å²) in [5.41, 5.74) is 5.48. The lowest BCUT2D eigenvalue weighted by atomic mass is 9.88. The number of likely N-dealkylation sites (N-methyl/N-ethyl adjacent to an activating group) is 1. The molecule has 1 aromatic carbocycles. The average Bonchev–Trinajstić information content (AvgIpc) is 2.41. The van der Waals surface area contributed by atoms with E-state index in [1.54, 1.807) is 0 Å². The number of aryl methyl sites for hydroxylation is 3. The SMILES string of the molecule is CNC(COC1CCCC(C)C1)c1c(C)cc(C)cc1C. The van der Waals surface area contributed by atoms with Crippen molar-refractivity contribution in [1.82, 2.24) is 5.32 Å². The second-order valence-electron chi connectivity index (χ2n) is 6.88. The summed E-state index contributed by atoms with van der Waals surface area (Å²) in [5, 5.41) is 3.45. The van der Waals surface area contributed by atoms with Crippen molar-refractivity contribution in [3.8, 4) is 0 Å². The minimum absolute atomic E-state index is 0.294. The van der Waals surface area contributed by atoms with Crippen LogP contribution in [0.1, 0.15) is 60.9 Å². The Kier molecular flexibility index (Phi) is 5.83. The zero-order valence-electron chi connectivity index (χ0n) is 14.3. The molecule has 1 saturated carbocycles. The topological polar surface area (TPSA) is 21.3 Å². The van der Waals surface area contributed by atoms with E-state index in [4.69, 9.17) is 4.74 Å². The molecule has 2 nitrogen and oxygen atoms in total. The first-order valence-electron chi connectivity index (χ1n) is 8.38. The van der Waals surface area contributed by atoms with Gasteiger partial charge < -0.3 is 10.1 Å². The predicted octanol–water partition coefficient (Wildman–Crippen LogP) is 4.47. The van der Waals surface area contributed by atoms with Gasteiger partial charge in [-0.25, -0.2) is 0 Å². The Morgan fingerprint density at radius 2 is 1.86 bits per heavy atom. The molecule has 3 atom stereocenters. The minimum atomic E-state index is 0.294. The molecule has 0 heterocycles. The van der Waals surface area contributed by atoms with E-state index in [0.717, 1.165) is 12.5 Å². The summed E-state index contributed by atoms with van der Waals surface area (Å²) in [6, 6.07) is 4.84. The van der Waals surface area contributed by atoms with Crippen LogP contribution in [-0.4, -0.2) is 19.8 Å². The Morgan fingerprint density at radius 1 is 1.19 bits per heavy atom. The maximum atomic E-state index is 6.24. The van der Waals surface area contributed by atoms with Crippen LogP contribution in [-0.2, 0) is 4.74 Å². The molecule has 2 rings (SSSR count). The van der Waals surface area contributed by atoms with Gasteiger partial charge in [-0.05, 0) is 63.3 Å². The van der Waals surface area contributed by atoms with Crippen molar-refractivity contribution in [2.75, 3.05) is 13.7 Å². The summed E-state index contributed by atoms with van der Waals surface area (Å²) in [5.74, 6) is 0.819. The highest BCUT2D eigenvalue weighted by atomic mass is 16.5. The summed E-state index contributed by atoms with van der Waals surface area (Å²) in [4.78, 5) is 0. The summed E-state index contributed by atoms with van der Waals surface area (Å²) in [6.07, 6.45) is 5.59. The lowest BCUT2D eigenvalue weighted by Crippen LogP contribution is -2.29. The summed E-state index contributed by atoms with van der Waals surface area (Å²) >= 11 is 0. The number of benzene rings is 1. The molecule has 0 aliphatic heterocycles. The molecule has 1 N–H and O–H groups in total. The lowest BCUT2D eigenvalue weighted by molar-refractivity contribution is 0.00473. The zero-order chi connectivity index (χ0) is 15.4. The van der Waals surface area contributed by atoms with Gasteiger partial charge in [0.2, 0.25) is 0 Å². The van der Waals surface area contributed by atoms with Gasteiger partial charge in [0.25, 0.3) is 0 Å².